The summed E-state index contributed by atoms with van der Waals surface area (Å²) in [5, 5.41) is 43.8. The highest BCUT2D eigenvalue weighted by atomic mass is 16.6. The van der Waals surface area contributed by atoms with Crippen LogP contribution in [0.25, 0.3) is 0 Å². The van der Waals surface area contributed by atoms with Crippen LogP contribution in [0.4, 0.5) is 4.79 Å². The Balaban J connectivity index is 5.44. The predicted octanol–water partition coefficient (Wildman–Crippen LogP) is -2.14. The van der Waals surface area contributed by atoms with Crippen molar-refractivity contribution in [3.8, 4) is 0 Å². The molecule has 0 saturated carbocycles. The molecule has 4 atom stereocenters. The number of carboxylic acid groups (broad SMARTS) is 4. The quantitative estimate of drug-likeness (QED) is 0.118. The summed E-state index contributed by atoms with van der Waals surface area (Å²) in [5.74, 6) is -9.92. The van der Waals surface area contributed by atoms with Gasteiger partial charge in [0.1, 0.15) is 29.8 Å². The van der Waals surface area contributed by atoms with Gasteiger partial charge < -0.3 is 46.4 Å². The number of hydrogen-bond donors (Lipinski definition) is 8. The number of nitrogens with one attached hydrogen (secondary N) is 4. The van der Waals surface area contributed by atoms with Crippen LogP contribution >= 0.6 is 0 Å². The zero-order valence-electron chi connectivity index (χ0n) is 20.4. The largest absolute Gasteiger partial charge is 0.481 e. The third-order valence-electron chi connectivity index (χ3n) is 4.14. The highest BCUT2D eigenvalue weighted by Crippen LogP contribution is 2.07. The Morgan fingerprint density at radius 3 is 1.41 bits per heavy atom. The Kier molecular flexibility index (Phi) is 12.5. The Bertz CT molecular complexity index is 928. The van der Waals surface area contributed by atoms with Gasteiger partial charge in [0.2, 0.25) is 17.7 Å². The van der Waals surface area contributed by atoms with Crippen molar-refractivity contribution in [2.24, 2.45) is 0 Å². The molecule has 0 saturated heterocycles. The number of rotatable bonds is 14. The first-order valence-corrected chi connectivity index (χ1v) is 10.6. The first-order valence-electron chi connectivity index (χ1n) is 10.6. The van der Waals surface area contributed by atoms with Gasteiger partial charge in [-0.25, -0.2) is 9.59 Å². The molecule has 37 heavy (non-hydrogen) atoms. The second-order valence-electron chi connectivity index (χ2n) is 8.68. The molecule has 0 aromatic heterocycles. The maximum absolute atomic E-state index is 12.5. The second-order valence-corrected chi connectivity index (χ2v) is 8.68. The van der Waals surface area contributed by atoms with Gasteiger partial charge in [-0.05, 0) is 27.7 Å². The molecule has 4 amide bonds. The summed E-state index contributed by atoms with van der Waals surface area (Å²) in [4.78, 5) is 93.4. The molecule has 0 aliphatic rings. The van der Waals surface area contributed by atoms with E-state index in [0.29, 0.717) is 0 Å². The van der Waals surface area contributed by atoms with E-state index in [1.54, 1.807) is 5.32 Å². The fourth-order valence-corrected chi connectivity index (χ4v) is 2.54. The van der Waals surface area contributed by atoms with Crippen LogP contribution < -0.4 is 21.3 Å². The van der Waals surface area contributed by atoms with E-state index in [1.807, 2.05) is 5.32 Å². The molecule has 0 radical (unpaired) electrons. The Labute approximate surface area is 209 Å². The summed E-state index contributed by atoms with van der Waals surface area (Å²) in [5.41, 5.74) is -0.967. The van der Waals surface area contributed by atoms with Gasteiger partial charge in [0.25, 0.3) is 0 Å². The van der Waals surface area contributed by atoms with Gasteiger partial charge in [-0.1, -0.05) is 0 Å². The van der Waals surface area contributed by atoms with Crippen LogP contribution in [0.3, 0.4) is 0 Å². The first-order chi connectivity index (χ1) is 16.8. The van der Waals surface area contributed by atoms with Gasteiger partial charge >= 0.3 is 30.0 Å². The molecule has 0 rings (SSSR count). The minimum Gasteiger partial charge on any atom is -0.481 e. The van der Waals surface area contributed by atoms with E-state index in [2.05, 4.69) is 10.6 Å². The molecule has 208 valence electrons. The highest BCUT2D eigenvalue weighted by Gasteiger charge is 2.32. The molecule has 8 N–H and O–H groups in total. The van der Waals surface area contributed by atoms with Crippen LogP contribution in [0.1, 0.15) is 47.0 Å². The lowest BCUT2D eigenvalue weighted by Crippen LogP contribution is -2.57. The van der Waals surface area contributed by atoms with Gasteiger partial charge in [-0.2, -0.15) is 0 Å². The first kappa shape index (κ1) is 32.6. The van der Waals surface area contributed by atoms with Crippen molar-refractivity contribution >= 4 is 47.7 Å². The molecule has 0 unspecified atom stereocenters. The fraction of sp³-hybridized carbons (Fsp3) is 0.600. The Morgan fingerprint density at radius 1 is 0.622 bits per heavy atom. The number of hydrogen-bond acceptors (Lipinski definition) is 9. The molecule has 0 aromatic carbocycles. The average Bonchev–Trinajstić information content (AvgIpc) is 2.69. The lowest BCUT2D eigenvalue weighted by atomic mass is 10.1. The third kappa shape index (κ3) is 13.9. The lowest BCUT2D eigenvalue weighted by Gasteiger charge is -2.24. The number of carboxylic acids is 4. The van der Waals surface area contributed by atoms with Gasteiger partial charge in [0.05, 0.1) is 19.3 Å². The van der Waals surface area contributed by atoms with Crippen molar-refractivity contribution in [3.63, 3.8) is 0 Å². The minimum absolute atomic E-state index is 0.885. The zero-order valence-corrected chi connectivity index (χ0v) is 20.4. The van der Waals surface area contributed by atoms with Crippen LogP contribution in [-0.4, -0.2) is 97.9 Å². The molecule has 0 fully saturated rings. The van der Waals surface area contributed by atoms with Crippen LogP contribution in [0, 0.1) is 0 Å². The summed E-state index contributed by atoms with van der Waals surface area (Å²) in [6.45, 7) is 5.67. The lowest BCUT2D eigenvalue weighted by molar-refractivity contribution is -0.148. The molecular weight excluding hydrogens is 504 g/mol. The van der Waals surface area contributed by atoms with Crippen molar-refractivity contribution in [3.05, 3.63) is 0 Å². The standard InChI is InChI=1S/C20H30N4O13/c1-8(21-16(32)10(6-13(27)28)24-19(36)37-20(2,3)4)15(31)22-9(5-12(25)26)17(33)23-11(18(34)35)7-14(29)30/h8-11H,5-7H2,1-4H3,(H,21,32)(H,22,31)(H,23,33)(H,24,36)(H,25,26)(H,27,28)(H,29,30)(H,34,35)/t8-,9-,10-,11-/m0/s1. The van der Waals surface area contributed by atoms with Gasteiger partial charge in [-0.15, -0.1) is 0 Å². The van der Waals surface area contributed by atoms with Crippen molar-refractivity contribution in [2.75, 3.05) is 0 Å². The summed E-state index contributed by atoms with van der Waals surface area (Å²) in [6.07, 6.45) is -4.06. The molecule has 17 nitrogen and oxygen atoms in total. The number of alkyl carbamates (subject to hydrolysis) is 1. The van der Waals surface area contributed by atoms with Gasteiger partial charge in [0.15, 0.2) is 0 Å². The predicted molar refractivity (Wildman–Crippen MR) is 119 cm³/mol. The van der Waals surface area contributed by atoms with E-state index in [1.165, 1.54) is 20.8 Å². The summed E-state index contributed by atoms with van der Waals surface area (Å²) < 4.78 is 4.96. The van der Waals surface area contributed by atoms with Crippen LogP contribution in [0.5, 0.6) is 0 Å². The van der Waals surface area contributed by atoms with Crippen LogP contribution in [0.2, 0.25) is 0 Å². The van der Waals surface area contributed by atoms with E-state index in [-0.39, 0.29) is 0 Å². The highest BCUT2D eigenvalue weighted by molar-refractivity contribution is 5.96. The van der Waals surface area contributed by atoms with E-state index in [9.17, 15) is 38.4 Å². The minimum atomic E-state index is -1.92. The average molecular weight is 534 g/mol. The van der Waals surface area contributed by atoms with Crippen molar-refractivity contribution in [2.45, 2.75) is 76.7 Å². The summed E-state index contributed by atoms with van der Waals surface area (Å²) >= 11 is 0. The van der Waals surface area contributed by atoms with E-state index >= 15 is 0 Å². The van der Waals surface area contributed by atoms with Crippen molar-refractivity contribution < 1.29 is 63.5 Å². The van der Waals surface area contributed by atoms with E-state index in [0.717, 1.165) is 6.92 Å². The molecule has 0 bridgehead atoms. The summed E-state index contributed by atoms with van der Waals surface area (Å²) in [6, 6.07) is -6.96. The van der Waals surface area contributed by atoms with E-state index < -0.39 is 96.7 Å². The molecule has 0 spiro atoms. The van der Waals surface area contributed by atoms with E-state index in [4.69, 9.17) is 25.2 Å². The molecule has 0 heterocycles. The number of aliphatic carboxylic acids is 4. The molecule has 0 aliphatic carbocycles. The van der Waals surface area contributed by atoms with Gasteiger partial charge in [-0.3, -0.25) is 28.8 Å². The van der Waals surface area contributed by atoms with Crippen molar-refractivity contribution in [1.29, 1.82) is 0 Å². The second kappa shape index (κ2) is 14.2. The number of carbonyl (C=O) groups is 8. The number of amides is 4. The zero-order chi connectivity index (χ0) is 29.1. The van der Waals surface area contributed by atoms with Crippen molar-refractivity contribution in [1.82, 2.24) is 21.3 Å². The maximum atomic E-state index is 12.5. The number of ether oxygens (including phenoxy) is 1. The van der Waals surface area contributed by atoms with Crippen LogP contribution in [0.15, 0.2) is 0 Å². The Hall–Kier alpha value is -4.44. The number of carbonyl (C=O) groups excluding carboxylic acids is 4. The molecule has 17 heteroatoms. The fourth-order valence-electron chi connectivity index (χ4n) is 2.54. The monoisotopic (exact) mass is 534 g/mol. The third-order valence-corrected chi connectivity index (χ3v) is 4.14. The van der Waals surface area contributed by atoms with Crippen LogP contribution in [-0.2, 0) is 38.3 Å². The maximum Gasteiger partial charge on any atom is 0.408 e. The Morgan fingerprint density at radius 2 is 1.00 bits per heavy atom. The topological polar surface area (TPSA) is 275 Å². The molecular formula is C20H30N4O13. The van der Waals surface area contributed by atoms with Gasteiger partial charge in [0, 0.05) is 0 Å². The SMILES string of the molecule is C[C@H](NC(=O)[C@H](CC(=O)O)NC(=O)OC(C)(C)C)C(=O)N[C@@H](CC(=O)O)C(=O)N[C@@H](CC(=O)O)C(=O)O. The molecule has 0 aliphatic heterocycles. The normalized spacial score (nSPS) is 14.1. The summed E-state index contributed by atoms with van der Waals surface area (Å²) in [7, 11) is 0. The smallest absolute Gasteiger partial charge is 0.408 e. The molecule has 0 aromatic rings.